The first kappa shape index (κ1) is 22.5. The van der Waals surface area contributed by atoms with Crippen LogP contribution in [0.1, 0.15) is 32.0 Å². The minimum atomic E-state index is -0.352. The number of hydrogen-bond donors (Lipinski definition) is 1. The molecule has 0 spiro atoms. The van der Waals surface area contributed by atoms with Crippen molar-refractivity contribution >= 4 is 22.5 Å². The van der Waals surface area contributed by atoms with E-state index < -0.39 is 0 Å². The van der Waals surface area contributed by atoms with Crippen LogP contribution >= 0.6 is 0 Å². The van der Waals surface area contributed by atoms with Crippen LogP contribution in [0, 0.1) is 5.82 Å². The average molecular weight is 448 g/mol. The summed E-state index contributed by atoms with van der Waals surface area (Å²) < 4.78 is 19.0. The van der Waals surface area contributed by atoms with E-state index in [2.05, 4.69) is 33.5 Å². The standard InChI is InChI=1S/C25H30FN7/c1-6-31(7-2)25-21(26)13-19(15-28-25)24-29-22-14-18(17(4)27-5)9-10-23(22)33(24)16-20-11-12-32(8-3)30-20/h9-15,27H,4,6-8,16H2,1-3,5H3. The highest BCUT2D eigenvalue weighted by Crippen LogP contribution is 2.29. The number of fused-ring (bicyclic) bond motifs is 1. The fourth-order valence-electron chi connectivity index (χ4n) is 3.98. The number of nitrogens with zero attached hydrogens (tertiary/aromatic N) is 6. The van der Waals surface area contributed by atoms with Crippen LogP contribution < -0.4 is 10.2 Å². The zero-order chi connectivity index (χ0) is 23.5. The van der Waals surface area contributed by atoms with E-state index in [1.54, 1.807) is 6.20 Å². The Hall–Kier alpha value is -3.68. The molecule has 0 saturated carbocycles. The van der Waals surface area contributed by atoms with E-state index in [1.165, 1.54) is 6.07 Å². The van der Waals surface area contributed by atoms with Gasteiger partial charge in [0.2, 0.25) is 0 Å². The summed E-state index contributed by atoms with van der Waals surface area (Å²) in [6, 6.07) is 9.55. The third kappa shape index (κ3) is 4.33. The van der Waals surface area contributed by atoms with Crippen molar-refractivity contribution in [3.8, 4) is 11.4 Å². The van der Waals surface area contributed by atoms with Crippen LogP contribution in [-0.2, 0) is 13.1 Å². The van der Waals surface area contributed by atoms with E-state index in [9.17, 15) is 0 Å². The second-order valence-corrected chi connectivity index (χ2v) is 7.82. The molecule has 1 aromatic carbocycles. The van der Waals surface area contributed by atoms with Crippen molar-refractivity contribution in [3.63, 3.8) is 0 Å². The molecule has 0 aliphatic carbocycles. The van der Waals surface area contributed by atoms with Gasteiger partial charge in [0.1, 0.15) is 5.82 Å². The first-order chi connectivity index (χ1) is 16.0. The monoisotopic (exact) mass is 447 g/mol. The number of nitrogens with one attached hydrogen (secondary N) is 1. The van der Waals surface area contributed by atoms with Gasteiger partial charge in [0.25, 0.3) is 0 Å². The molecule has 172 valence electrons. The number of aromatic nitrogens is 5. The highest BCUT2D eigenvalue weighted by molar-refractivity contribution is 5.84. The summed E-state index contributed by atoms with van der Waals surface area (Å²) in [7, 11) is 1.84. The number of hydrogen-bond acceptors (Lipinski definition) is 5. The van der Waals surface area contributed by atoms with Gasteiger partial charge < -0.3 is 14.8 Å². The van der Waals surface area contributed by atoms with Crippen LogP contribution in [0.3, 0.4) is 0 Å². The van der Waals surface area contributed by atoms with Crippen LogP contribution in [-0.4, -0.2) is 44.5 Å². The fourth-order valence-corrected chi connectivity index (χ4v) is 3.98. The first-order valence-electron chi connectivity index (χ1n) is 11.3. The highest BCUT2D eigenvalue weighted by Gasteiger charge is 2.18. The minimum absolute atomic E-state index is 0.352. The Morgan fingerprint density at radius 3 is 2.58 bits per heavy atom. The molecule has 1 N–H and O–H groups in total. The molecule has 0 aliphatic heterocycles. The third-order valence-corrected chi connectivity index (χ3v) is 5.88. The SMILES string of the molecule is C=C(NC)c1ccc2c(c1)nc(-c1cnc(N(CC)CC)c(F)c1)n2Cc1ccn(CC)n1. The van der Waals surface area contributed by atoms with Gasteiger partial charge in [-0.05, 0) is 50.6 Å². The molecule has 4 aromatic rings. The first-order valence-corrected chi connectivity index (χ1v) is 11.3. The lowest BCUT2D eigenvalue weighted by molar-refractivity contribution is 0.612. The van der Waals surface area contributed by atoms with Crippen molar-refractivity contribution in [3.05, 3.63) is 66.4 Å². The molecule has 3 heterocycles. The van der Waals surface area contributed by atoms with Gasteiger partial charge >= 0.3 is 0 Å². The van der Waals surface area contributed by atoms with Gasteiger partial charge in [0.15, 0.2) is 11.6 Å². The van der Waals surface area contributed by atoms with Crippen molar-refractivity contribution in [2.24, 2.45) is 0 Å². The maximum Gasteiger partial charge on any atom is 0.166 e. The van der Waals surface area contributed by atoms with E-state index in [-0.39, 0.29) is 5.82 Å². The summed E-state index contributed by atoms with van der Waals surface area (Å²) in [6.07, 6.45) is 3.66. The molecule has 0 fully saturated rings. The number of anilines is 1. The molecule has 0 atom stereocenters. The number of halogens is 1. The van der Waals surface area contributed by atoms with Crippen LogP contribution in [0.2, 0.25) is 0 Å². The molecule has 0 saturated heterocycles. The molecule has 33 heavy (non-hydrogen) atoms. The predicted molar refractivity (Wildman–Crippen MR) is 132 cm³/mol. The zero-order valence-electron chi connectivity index (χ0n) is 19.6. The van der Waals surface area contributed by atoms with E-state index in [4.69, 9.17) is 4.98 Å². The van der Waals surface area contributed by atoms with E-state index in [0.717, 1.165) is 34.5 Å². The van der Waals surface area contributed by atoms with Crippen LogP contribution in [0.15, 0.2) is 49.3 Å². The summed E-state index contributed by atoms with van der Waals surface area (Å²) in [5.74, 6) is 0.663. The van der Waals surface area contributed by atoms with Crippen molar-refractivity contribution in [1.82, 2.24) is 29.6 Å². The Morgan fingerprint density at radius 1 is 1.15 bits per heavy atom. The summed E-state index contributed by atoms with van der Waals surface area (Å²) in [6.45, 7) is 12.8. The lowest BCUT2D eigenvalue weighted by Gasteiger charge is -2.20. The maximum absolute atomic E-state index is 15.1. The minimum Gasteiger partial charge on any atom is -0.388 e. The highest BCUT2D eigenvalue weighted by atomic mass is 19.1. The molecule has 3 aromatic heterocycles. The molecule has 0 radical (unpaired) electrons. The number of pyridine rings is 1. The normalized spacial score (nSPS) is 11.2. The Bertz CT molecular complexity index is 1280. The van der Waals surface area contributed by atoms with Gasteiger partial charge in [-0.1, -0.05) is 12.6 Å². The van der Waals surface area contributed by atoms with E-state index in [1.807, 2.05) is 60.9 Å². The van der Waals surface area contributed by atoms with E-state index >= 15 is 4.39 Å². The lowest BCUT2D eigenvalue weighted by atomic mass is 10.1. The van der Waals surface area contributed by atoms with Gasteiger partial charge in [0.05, 0.1) is 23.3 Å². The van der Waals surface area contributed by atoms with Gasteiger partial charge in [-0.15, -0.1) is 0 Å². The molecule has 0 aliphatic rings. The second-order valence-electron chi connectivity index (χ2n) is 7.82. The zero-order valence-corrected chi connectivity index (χ0v) is 19.6. The van der Waals surface area contributed by atoms with Gasteiger partial charge in [-0.3, -0.25) is 4.68 Å². The smallest absolute Gasteiger partial charge is 0.166 e. The summed E-state index contributed by atoms with van der Waals surface area (Å²) in [4.78, 5) is 11.2. The van der Waals surface area contributed by atoms with Crippen molar-refractivity contribution in [2.75, 3.05) is 25.0 Å². The summed E-state index contributed by atoms with van der Waals surface area (Å²) in [5, 5.41) is 7.71. The summed E-state index contributed by atoms with van der Waals surface area (Å²) >= 11 is 0. The Labute approximate surface area is 193 Å². The molecular formula is C25H30FN7. The number of aryl methyl sites for hydroxylation is 1. The lowest BCUT2D eigenvalue weighted by Crippen LogP contribution is -2.24. The van der Waals surface area contributed by atoms with Gasteiger partial charge in [0, 0.05) is 50.3 Å². The Kier molecular flexibility index (Phi) is 6.44. The topological polar surface area (TPSA) is 63.8 Å². The predicted octanol–water partition coefficient (Wildman–Crippen LogP) is 4.54. The fraction of sp³-hybridized carbons (Fsp3) is 0.320. The molecule has 8 heteroatoms. The molecule has 7 nitrogen and oxygen atoms in total. The Morgan fingerprint density at radius 2 is 1.94 bits per heavy atom. The third-order valence-electron chi connectivity index (χ3n) is 5.88. The second kappa shape index (κ2) is 9.44. The maximum atomic E-state index is 15.1. The number of imidazole rings is 1. The van der Waals surface area contributed by atoms with Gasteiger partial charge in [-0.25, -0.2) is 14.4 Å². The number of rotatable bonds is 9. The average Bonchev–Trinajstić information content (AvgIpc) is 3.44. The molecule has 0 amide bonds. The molecule has 0 unspecified atom stereocenters. The molecule has 0 bridgehead atoms. The quantitative estimate of drug-likeness (QED) is 0.408. The Balaban J connectivity index is 1.84. The van der Waals surface area contributed by atoms with E-state index in [0.29, 0.717) is 36.8 Å². The largest absolute Gasteiger partial charge is 0.388 e. The molecular weight excluding hydrogens is 417 g/mol. The van der Waals surface area contributed by atoms with Crippen molar-refractivity contribution in [1.29, 1.82) is 0 Å². The van der Waals surface area contributed by atoms with Crippen molar-refractivity contribution < 1.29 is 4.39 Å². The van der Waals surface area contributed by atoms with Crippen LogP contribution in [0.5, 0.6) is 0 Å². The van der Waals surface area contributed by atoms with Gasteiger partial charge in [-0.2, -0.15) is 5.10 Å². The summed E-state index contributed by atoms with van der Waals surface area (Å²) in [5.41, 5.74) is 5.06. The number of benzene rings is 1. The van der Waals surface area contributed by atoms with Crippen molar-refractivity contribution in [2.45, 2.75) is 33.9 Å². The molecule has 4 rings (SSSR count). The van der Waals surface area contributed by atoms with Crippen LogP contribution in [0.4, 0.5) is 10.2 Å². The van der Waals surface area contributed by atoms with Crippen LogP contribution in [0.25, 0.3) is 28.1 Å².